The van der Waals surface area contributed by atoms with Crippen molar-refractivity contribution >= 4 is 0 Å². The van der Waals surface area contributed by atoms with Crippen LogP contribution in [-0.2, 0) is 0 Å². The average molecular weight is 266 g/mol. The lowest BCUT2D eigenvalue weighted by Crippen LogP contribution is -2.53. The van der Waals surface area contributed by atoms with Crippen molar-refractivity contribution in [2.24, 2.45) is 5.92 Å². The monoisotopic (exact) mass is 266 g/mol. The van der Waals surface area contributed by atoms with Gasteiger partial charge < -0.3 is 5.32 Å². The number of nitrogens with one attached hydrogen (secondary N) is 1. The molecule has 0 aromatic carbocycles. The van der Waals surface area contributed by atoms with E-state index >= 15 is 0 Å². The molecular weight excluding hydrogens is 241 g/mol. The molecule has 0 saturated carbocycles. The number of piperidine rings is 1. The zero-order valence-corrected chi connectivity index (χ0v) is 11.6. The molecular formula is C13H25F3N2. The number of halogens is 3. The van der Waals surface area contributed by atoms with E-state index in [1.165, 1.54) is 0 Å². The maximum atomic E-state index is 12.2. The minimum absolute atomic E-state index is 0.0284. The Labute approximate surface area is 108 Å². The number of hydrogen-bond donors (Lipinski definition) is 1. The van der Waals surface area contributed by atoms with Crippen LogP contribution in [0.5, 0.6) is 0 Å². The number of nitrogens with zero attached hydrogens (tertiary/aromatic N) is 1. The van der Waals surface area contributed by atoms with Gasteiger partial charge in [0.25, 0.3) is 0 Å². The minimum Gasteiger partial charge on any atom is -0.305 e. The molecule has 1 fully saturated rings. The lowest BCUT2D eigenvalue weighted by atomic mass is 9.91. The molecule has 0 spiro atoms. The van der Waals surface area contributed by atoms with E-state index in [9.17, 15) is 13.2 Å². The molecule has 1 saturated heterocycles. The van der Waals surface area contributed by atoms with Crippen molar-refractivity contribution in [1.29, 1.82) is 0 Å². The van der Waals surface area contributed by atoms with E-state index in [1.807, 2.05) is 0 Å². The van der Waals surface area contributed by atoms with E-state index in [0.717, 1.165) is 32.4 Å². The molecule has 0 bridgehead atoms. The minimum atomic E-state index is -4.11. The Balaban J connectivity index is 2.51. The molecule has 0 aromatic heterocycles. The molecule has 1 aliphatic rings. The van der Waals surface area contributed by atoms with Crippen LogP contribution in [0.2, 0.25) is 0 Å². The van der Waals surface area contributed by atoms with Gasteiger partial charge in [-0.3, -0.25) is 4.90 Å². The maximum absolute atomic E-state index is 12.2. The van der Waals surface area contributed by atoms with Crippen LogP contribution >= 0.6 is 0 Å². The first-order chi connectivity index (χ1) is 8.35. The fourth-order valence-electron chi connectivity index (χ4n) is 2.56. The Morgan fingerprint density at radius 3 is 2.44 bits per heavy atom. The van der Waals surface area contributed by atoms with E-state index < -0.39 is 12.7 Å². The van der Waals surface area contributed by atoms with Gasteiger partial charge in [-0.05, 0) is 25.7 Å². The molecule has 1 N–H and O–H groups in total. The van der Waals surface area contributed by atoms with Gasteiger partial charge in [0.05, 0.1) is 6.54 Å². The summed E-state index contributed by atoms with van der Waals surface area (Å²) in [5, 5.41) is 2.67. The summed E-state index contributed by atoms with van der Waals surface area (Å²) >= 11 is 0. The SMILES string of the molecule is CCC1CC(NCC(F)(F)F)CN(C(C)CC)C1. The Morgan fingerprint density at radius 1 is 1.28 bits per heavy atom. The maximum Gasteiger partial charge on any atom is 0.401 e. The van der Waals surface area contributed by atoms with Crippen molar-refractivity contribution in [2.75, 3.05) is 19.6 Å². The molecule has 1 heterocycles. The summed E-state index contributed by atoms with van der Waals surface area (Å²) < 4.78 is 36.7. The summed E-state index contributed by atoms with van der Waals surface area (Å²) in [6, 6.07) is 0.425. The van der Waals surface area contributed by atoms with Crippen molar-refractivity contribution in [3.8, 4) is 0 Å². The molecule has 0 amide bonds. The van der Waals surface area contributed by atoms with Gasteiger partial charge in [0.1, 0.15) is 0 Å². The number of likely N-dealkylation sites (tertiary alicyclic amines) is 1. The molecule has 108 valence electrons. The summed E-state index contributed by atoms with van der Waals surface area (Å²) in [4.78, 5) is 2.33. The van der Waals surface area contributed by atoms with E-state index in [2.05, 4.69) is 31.0 Å². The highest BCUT2D eigenvalue weighted by atomic mass is 19.4. The predicted molar refractivity (Wildman–Crippen MR) is 67.6 cm³/mol. The van der Waals surface area contributed by atoms with Gasteiger partial charge >= 0.3 is 6.18 Å². The molecule has 2 nitrogen and oxygen atoms in total. The van der Waals surface area contributed by atoms with Crippen molar-refractivity contribution in [2.45, 2.75) is 58.3 Å². The molecule has 1 aliphatic heterocycles. The van der Waals surface area contributed by atoms with Crippen LogP contribution in [0.1, 0.15) is 40.0 Å². The molecule has 1 rings (SSSR count). The number of rotatable bonds is 5. The van der Waals surface area contributed by atoms with E-state index in [-0.39, 0.29) is 6.04 Å². The molecule has 3 unspecified atom stereocenters. The Morgan fingerprint density at radius 2 is 1.94 bits per heavy atom. The van der Waals surface area contributed by atoms with Crippen LogP contribution in [0, 0.1) is 5.92 Å². The second-order valence-electron chi connectivity index (χ2n) is 5.41. The van der Waals surface area contributed by atoms with Crippen molar-refractivity contribution < 1.29 is 13.2 Å². The summed E-state index contributed by atoms with van der Waals surface area (Å²) in [7, 11) is 0. The highest BCUT2D eigenvalue weighted by molar-refractivity contribution is 4.85. The normalized spacial score (nSPS) is 28.3. The fraction of sp³-hybridized carbons (Fsp3) is 1.00. The van der Waals surface area contributed by atoms with Gasteiger partial charge in [-0.2, -0.15) is 13.2 Å². The van der Waals surface area contributed by atoms with E-state index in [0.29, 0.717) is 12.0 Å². The van der Waals surface area contributed by atoms with Crippen LogP contribution in [0.3, 0.4) is 0 Å². The predicted octanol–water partition coefficient (Wildman–Crippen LogP) is 3.04. The smallest absolute Gasteiger partial charge is 0.305 e. The first-order valence-electron chi connectivity index (χ1n) is 6.89. The van der Waals surface area contributed by atoms with Gasteiger partial charge in [-0.25, -0.2) is 0 Å². The van der Waals surface area contributed by atoms with Gasteiger partial charge in [0.2, 0.25) is 0 Å². The van der Waals surface area contributed by atoms with Crippen LogP contribution in [-0.4, -0.2) is 42.8 Å². The van der Waals surface area contributed by atoms with Gasteiger partial charge in [-0.1, -0.05) is 20.3 Å². The Bertz CT molecular complexity index is 243. The van der Waals surface area contributed by atoms with Crippen LogP contribution in [0.4, 0.5) is 13.2 Å². The third-order valence-corrected chi connectivity index (χ3v) is 3.95. The quantitative estimate of drug-likeness (QED) is 0.823. The van der Waals surface area contributed by atoms with Gasteiger partial charge in [0, 0.05) is 25.2 Å². The first kappa shape index (κ1) is 15.8. The standard InChI is InChI=1S/C13H25F3N2/c1-4-10(3)18-7-11(5-2)6-12(8-18)17-9-13(14,15)16/h10-12,17H,4-9H2,1-3H3. The topological polar surface area (TPSA) is 15.3 Å². The second kappa shape index (κ2) is 6.75. The summed E-state index contributed by atoms with van der Waals surface area (Å²) in [5.74, 6) is 0.512. The number of alkyl halides is 3. The van der Waals surface area contributed by atoms with Crippen LogP contribution < -0.4 is 5.32 Å². The molecule has 5 heteroatoms. The second-order valence-corrected chi connectivity index (χ2v) is 5.41. The number of hydrogen-bond acceptors (Lipinski definition) is 2. The molecule has 0 radical (unpaired) electrons. The van der Waals surface area contributed by atoms with Gasteiger partial charge in [0.15, 0.2) is 0 Å². The summed E-state index contributed by atoms with van der Waals surface area (Å²) in [6.45, 7) is 7.28. The van der Waals surface area contributed by atoms with E-state index in [4.69, 9.17) is 0 Å². The lowest BCUT2D eigenvalue weighted by Gasteiger charge is -2.41. The highest BCUT2D eigenvalue weighted by Gasteiger charge is 2.32. The van der Waals surface area contributed by atoms with Crippen molar-refractivity contribution in [1.82, 2.24) is 10.2 Å². The first-order valence-corrected chi connectivity index (χ1v) is 6.89. The Hall–Kier alpha value is -0.290. The molecule has 0 aromatic rings. The highest BCUT2D eigenvalue weighted by Crippen LogP contribution is 2.23. The molecule has 18 heavy (non-hydrogen) atoms. The summed E-state index contributed by atoms with van der Waals surface area (Å²) in [6.07, 6.45) is -1.17. The average Bonchev–Trinajstić information content (AvgIpc) is 2.34. The van der Waals surface area contributed by atoms with Crippen molar-refractivity contribution in [3.63, 3.8) is 0 Å². The third kappa shape index (κ3) is 5.14. The lowest BCUT2D eigenvalue weighted by molar-refractivity contribution is -0.127. The summed E-state index contributed by atoms with van der Waals surface area (Å²) in [5.41, 5.74) is 0. The third-order valence-electron chi connectivity index (χ3n) is 3.95. The van der Waals surface area contributed by atoms with Crippen LogP contribution in [0.15, 0.2) is 0 Å². The van der Waals surface area contributed by atoms with Gasteiger partial charge in [-0.15, -0.1) is 0 Å². The molecule has 3 atom stereocenters. The Kier molecular flexibility index (Phi) is 5.92. The zero-order chi connectivity index (χ0) is 13.8. The zero-order valence-electron chi connectivity index (χ0n) is 11.6. The van der Waals surface area contributed by atoms with E-state index in [1.54, 1.807) is 0 Å². The fourth-order valence-corrected chi connectivity index (χ4v) is 2.56. The van der Waals surface area contributed by atoms with Crippen molar-refractivity contribution in [3.05, 3.63) is 0 Å². The van der Waals surface area contributed by atoms with Crippen LogP contribution in [0.25, 0.3) is 0 Å². The largest absolute Gasteiger partial charge is 0.401 e. The molecule has 0 aliphatic carbocycles.